The molecule has 0 bridgehead atoms. The second kappa shape index (κ2) is 4.02. The third kappa shape index (κ3) is 2.72. The van der Waals surface area contributed by atoms with Crippen molar-refractivity contribution in [3.63, 3.8) is 0 Å². The van der Waals surface area contributed by atoms with Crippen molar-refractivity contribution < 1.29 is 9.13 Å². The Bertz CT molecular complexity index is 452. The molecule has 0 heterocycles. The van der Waals surface area contributed by atoms with Crippen LogP contribution in [0.25, 0.3) is 0 Å². The van der Waals surface area contributed by atoms with Crippen LogP contribution in [0, 0.1) is 29.5 Å². The maximum atomic E-state index is 13.2. The van der Waals surface area contributed by atoms with Crippen molar-refractivity contribution >= 4 is 0 Å². The van der Waals surface area contributed by atoms with Crippen molar-refractivity contribution in [2.45, 2.75) is 19.4 Å². The summed E-state index contributed by atoms with van der Waals surface area (Å²) in [5.74, 6) is 2.13. The van der Waals surface area contributed by atoms with Crippen LogP contribution in [-0.4, -0.2) is 5.60 Å². The lowest BCUT2D eigenvalue weighted by molar-refractivity contribution is 0.172. The number of hydrogen-bond acceptors (Lipinski definition) is 2. The van der Waals surface area contributed by atoms with Crippen molar-refractivity contribution in [1.29, 1.82) is 5.26 Å². The van der Waals surface area contributed by atoms with Crippen LogP contribution in [0.2, 0.25) is 0 Å². The summed E-state index contributed by atoms with van der Waals surface area (Å²) in [6.45, 7) is 3.40. The zero-order valence-electron chi connectivity index (χ0n) is 8.54. The second-order valence-electron chi connectivity index (χ2n) is 3.51. The molecule has 0 N–H and O–H groups in total. The van der Waals surface area contributed by atoms with Crippen LogP contribution in [0.4, 0.5) is 4.39 Å². The van der Waals surface area contributed by atoms with Gasteiger partial charge in [0.15, 0.2) is 5.60 Å². The van der Waals surface area contributed by atoms with Crippen molar-refractivity contribution in [2.75, 3.05) is 0 Å². The van der Waals surface area contributed by atoms with Crippen molar-refractivity contribution in [2.24, 2.45) is 0 Å². The van der Waals surface area contributed by atoms with Crippen LogP contribution in [0.1, 0.15) is 19.4 Å². The first-order chi connectivity index (χ1) is 6.98. The highest BCUT2D eigenvalue weighted by Gasteiger charge is 2.16. The molecule has 15 heavy (non-hydrogen) atoms. The predicted octanol–water partition coefficient (Wildman–Crippen LogP) is 2.49. The van der Waals surface area contributed by atoms with E-state index in [2.05, 4.69) is 5.92 Å². The summed E-state index contributed by atoms with van der Waals surface area (Å²) in [5, 5.41) is 8.52. The van der Waals surface area contributed by atoms with Gasteiger partial charge in [-0.05, 0) is 26.0 Å². The summed E-state index contributed by atoms with van der Waals surface area (Å²) in [6, 6.07) is 5.75. The molecule has 3 heteroatoms. The van der Waals surface area contributed by atoms with E-state index >= 15 is 0 Å². The molecule has 0 fully saturated rings. The van der Waals surface area contributed by atoms with Gasteiger partial charge in [-0.15, -0.1) is 6.42 Å². The number of halogens is 1. The number of rotatable bonds is 2. The molecule has 2 nitrogen and oxygen atoms in total. The van der Waals surface area contributed by atoms with Gasteiger partial charge in [0.25, 0.3) is 0 Å². The summed E-state index contributed by atoms with van der Waals surface area (Å²) in [7, 11) is 0. The Morgan fingerprint density at radius 3 is 2.60 bits per heavy atom. The molecule has 1 aromatic rings. The lowest BCUT2D eigenvalue weighted by Crippen LogP contribution is -2.25. The van der Waals surface area contributed by atoms with E-state index < -0.39 is 11.4 Å². The number of terminal acetylenes is 1. The fraction of sp³-hybridized carbons (Fsp3) is 0.250. The quantitative estimate of drug-likeness (QED) is 0.692. The molecule has 1 aromatic carbocycles. The minimum atomic E-state index is -0.791. The maximum Gasteiger partial charge on any atom is 0.163 e. The SMILES string of the molecule is C#CC(C)(C)Oc1ccc(C#N)c(F)c1. The Hall–Kier alpha value is -2.00. The molecule has 0 spiro atoms. The van der Waals surface area contributed by atoms with Gasteiger partial charge in [0.2, 0.25) is 0 Å². The molecule has 0 aliphatic rings. The summed E-state index contributed by atoms with van der Waals surface area (Å²) in [4.78, 5) is 0. The molecule has 0 aliphatic carbocycles. The van der Waals surface area contributed by atoms with Crippen LogP contribution in [0.5, 0.6) is 5.75 Å². The zero-order valence-corrected chi connectivity index (χ0v) is 8.54. The molecular formula is C12H10FNO. The first kappa shape index (κ1) is 11.1. The minimum absolute atomic E-state index is 0.0131. The summed E-state index contributed by atoms with van der Waals surface area (Å²) in [5.41, 5.74) is -0.804. The topological polar surface area (TPSA) is 33.0 Å². The average Bonchev–Trinajstić information content (AvgIpc) is 2.17. The third-order valence-corrected chi connectivity index (χ3v) is 1.78. The Balaban J connectivity index is 2.97. The normalized spacial score (nSPS) is 10.2. The predicted molar refractivity (Wildman–Crippen MR) is 54.7 cm³/mol. The zero-order chi connectivity index (χ0) is 11.5. The minimum Gasteiger partial charge on any atom is -0.475 e. The van der Waals surface area contributed by atoms with Crippen LogP contribution >= 0.6 is 0 Å². The Labute approximate surface area is 88.3 Å². The second-order valence-corrected chi connectivity index (χ2v) is 3.51. The van der Waals surface area contributed by atoms with Crippen LogP contribution in [0.15, 0.2) is 18.2 Å². The summed E-state index contributed by atoms with van der Waals surface area (Å²) in [6.07, 6.45) is 5.23. The van der Waals surface area contributed by atoms with Crippen molar-refractivity contribution in [1.82, 2.24) is 0 Å². The number of nitriles is 1. The molecule has 76 valence electrons. The van der Waals surface area contributed by atoms with E-state index in [4.69, 9.17) is 16.4 Å². The van der Waals surface area contributed by atoms with Gasteiger partial charge in [0, 0.05) is 6.07 Å². The number of ether oxygens (including phenoxy) is 1. The smallest absolute Gasteiger partial charge is 0.163 e. The van der Waals surface area contributed by atoms with Gasteiger partial charge in [0.05, 0.1) is 5.56 Å². The lowest BCUT2D eigenvalue weighted by Gasteiger charge is -2.20. The highest BCUT2D eigenvalue weighted by molar-refractivity contribution is 5.36. The Kier molecular flexibility index (Phi) is 2.97. The van der Waals surface area contributed by atoms with Gasteiger partial charge >= 0.3 is 0 Å². The van der Waals surface area contributed by atoms with Gasteiger partial charge in [-0.3, -0.25) is 0 Å². The number of hydrogen-bond donors (Lipinski definition) is 0. The summed E-state index contributed by atoms with van der Waals surface area (Å²) >= 11 is 0. The molecule has 1 rings (SSSR count). The fourth-order valence-corrected chi connectivity index (χ4v) is 0.974. The standard InChI is InChI=1S/C12H10FNO/c1-4-12(2,3)15-10-6-5-9(8-14)11(13)7-10/h1,5-7H,2-3H3. The van der Waals surface area contributed by atoms with Gasteiger partial charge < -0.3 is 4.74 Å². The van der Waals surface area contributed by atoms with Gasteiger partial charge in [0.1, 0.15) is 17.6 Å². The van der Waals surface area contributed by atoms with E-state index in [-0.39, 0.29) is 5.56 Å². The average molecular weight is 203 g/mol. The van der Waals surface area contributed by atoms with Crippen LogP contribution in [-0.2, 0) is 0 Å². The van der Waals surface area contributed by atoms with Gasteiger partial charge in [-0.2, -0.15) is 5.26 Å². The van der Waals surface area contributed by atoms with Gasteiger partial charge in [-0.25, -0.2) is 4.39 Å². The fourth-order valence-electron chi connectivity index (χ4n) is 0.974. The lowest BCUT2D eigenvalue weighted by atomic mass is 10.1. The molecule has 0 saturated heterocycles. The summed E-state index contributed by atoms with van der Waals surface area (Å²) < 4.78 is 18.5. The van der Waals surface area contributed by atoms with E-state index in [0.29, 0.717) is 5.75 Å². The number of benzene rings is 1. The molecule has 0 atom stereocenters. The van der Waals surface area contributed by atoms with E-state index in [1.807, 2.05) is 0 Å². The molecule has 0 aromatic heterocycles. The number of nitrogens with zero attached hydrogens (tertiary/aromatic N) is 1. The highest BCUT2D eigenvalue weighted by atomic mass is 19.1. The first-order valence-corrected chi connectivity index (χ1v) is 4.35. The molecule has 0 radical (unpaired) electrons. The van der Waals surface area contributed by atoms with Crippen molar-refractivity contribution in [3.8, 4) is 24.2 Å². The monoisotopic (exact) mass is 203 g/mol. The van der Waals surface area contributed by atoms with Crippen LogP contribution in [0.3, 0.4) is 0 Å². The molecule has 0 amide bonds. The molecular weight excluding hydrogens is 193 g/mol. The van der Waals surface area contributed by atoms with Gasteiger partial charge in [-0.1, -0.05) is 5.92 Å². The van der Waals surface area contributed by atoms with E-state index in [1.165, 1.54) is 12.1 Å². The largest absolute Gasteiger partial charge is 0.475 e. The van der Waals surface area contributed by atoms with E-state index in [0.717, 1.165) is 6.07 Å². The maximum absolute atomic E-state index is 13.2. The van der Waals surface area contributed by atoms with Crippen molar-refractivity contribution in [3.05, 3.63) is 29.6 Å². The molecule has 0 aliphatic heterocycles. The van der Waals surface area contributed by atoms with E-state index in [9.17, 15) is 4.39 Å². The third-order valence-electron chi connectivity index (χ3n) is 1.78. The van der Waals surface area contributed by atoms with E-state index in [1.54, 1.807) is 19.9 Å². The molecule has 0 saturated carbocycles. The van der Waals surface area contributed by atoms with Crippen LogP contribution < -0.4 is 4.74 Å². The first-order valence-electron chi connectivity index (χ1n) is 4.35. The highest BCUT2D eigenvalue weighted by Crippen LogP contribution is 2.20. The Morgan fingerprint density at radius 1 is 1.47 bits per heavy atom. The molecule has 0 unspecified atom stereocenters. The Morgan fingerprint density at radius 2 is 2.13 bits per heavy atom.